The number of nitrogens with two attached hydrogens (primary N) is 1. The van der Waals surface area contributed by atoms with Crippen molar-refractivity contribution in [2.75, 3.05) is 6.54 Å². The normalized spacial score (nSPS) is 67.0. The van der Waals surface area contributed by atoms with E-state index >= 15 is 0 Å². The lowest BCUT2D eigenvalue weighted by Crippen LogP contribution is -2.47. The van der Waals surface area contributed by atoms with E-state index in [1.54, 1.807) is 6.42 Å². The van der Waals surface area contributed by atoms with Gasteiger partial charge in [-0.25, -0.2) is 0 Å². The van der Waals surface area contributed by atoms with Gasteiger partial charge in [-0.2, -0.15) is 0 Å². The Kier molecular flexibility index (Phi) is 0.508. The van der Waals surface area contributed by atoms with E-state index in [0.717, 1.165) is 23.3 Å². The van der Waals surface area contributed by atoms with Crippen LogP contribution in [0.3, 0.4) is 0 Å². The van der Waals surface area contributed by atoms with E-state index in [4.69, 9.17) is 5.73 Å². The summed E-state index contributed by atoms with van der Waals surface area (Å²) in [6.45, 7) is 0.960. The van der Waals surface area contributed by atoms with Gasteiger partial charge < -0.3 is 5.73 Å². The van der Waals surface area contributed by atoms with Crippen molar-refractivity contribution in [2.24, 2.45) is 22.5 Å². The average molecular weight is 123 g/mol. The maximum Gasteiger partial charge on any atom is -0.00431 e. The molecule has 0 heterocycles. The second-order valence-electron chi connectivity index (χ2n) is 4.25. The summed E-state index contributed by atoms with van der Waals surface area (Å²) < 4.78 is 0. The predicted molar refractivity (Wildman–Crippen MR) is 35.9 cm³/mol. The van der Waals surface area contributed by atoms with Crippen molar-refractivity contribution in [1.29, 1.82) is 0 Å². The fraction of sp³-hybridized carbons (Fsp3) is 1.00. The molecule has 50 valence electrons. The molecule has 3 fully saturated rings. The Hall–Kier alpha value is -0.0400. The molecular weight excluding hydrogens is 110 g/mol. The summed E-state index contributed by atoms with van der Waals surface area (Å²) in [5.41, 5.74) is 7.38. The molecule has 0 amide bonds. The molecule has 3 aliphatic carbocycles. The first kappa shape index (κ1) is 4.73. The van der Waals surface area contributed by atoms with Crippen LogP contribution in [0.15, 0.2) is 0 Å². The molecule has 9 heavy (non-hydrogen) atoms. The van der Waals surface area contributed by atoms with Gasteiger partial charge in [0, 0.05) is 0 Å². The molecule has 3 atom stereocenters. The SMILES string of the molecule is NCC1CC23CCC12C3. The van der Waals surface area contributed by atoms with Crippen molar-refractivity contribution in [2.45, 2.75) is 25.7 Å². The van der Waals surface area contributed by atoms with Crippen LogP contribution in [0.25, 0.3) is 0 Å². The van der Waals surface area contributed by atoms with Crippen molar-refractivity contribution >= 4 is 0 Å². The number of hydrogen-bond acceptors (Lipinski definition) is 1. The van der Waals surface area contributed by atoms with Crippen molar-refractivity contribution in [3.05, 3.63) is 0 Å². The smallest absolute Gasteiger partial charge is 0.00431 e. The van der Waals surface area contributed by atoms with Crippen LogP contribution in [0.1, 0.15) is 25.7 Å². The molecule has 3 aliphatic rings. The molecule has 0 radical (unpaired) electrons. The van der Waals surface area contributed by atoms with Gasteiger partial charge >= 0.3 is 0 Å². The summed E-state index contributed by atoms with van der Waals surface area (Å²) in [5, 5.41) is 0. The van der Waals surface area contributed by atoms with E-state index in [0.29, 0.717) is 0 Å². The summed E-state index contributed by atoms with van der Waals surface area (Å²) in [5.74, 6) is 0.936. The molecule has 0 aliphatic heterocycles. The van der Waals surface area contributed by atoms with Gasteiger partial charge in [-0.05, 0) is 49.0 Å². The summed E-state index contributed by atoms with van der Waals surface area (Å²) in [7, 11) is 0. The summed E-state index contributed by atoms with van der Waals surface area (Å²) in [6.07, 6.45) is 6.06. The van der Waals surface area contributed by atoms with Crippen LogP contribution in [0.2, 0.25) is 0 Å². The second-order valence-corrected chi connectivity index (χ2v) is 4.25. The van der Waals surface area contributed by atoms with E-state index in [1.165, 1.54) is 19.3 Å². The lowest BCUT2D eigenvalue weighted by molar-refractivity contribution is -0.0196. The zero-order valence-corrected chi connectivity index (χ0v) is 5.69. The predicted octanol–water partition coefficient (Wildman–Crippen LogP) is 1.14. The standard InChI is InChI=1S/C8H13N/c9-4-6-3-7-1-2-8(6,7)5-7/h6H,1-5,9H2. The Morgan fingerprint density at radius 3 is 2.44 bits per heavy atom. The molecule has 0 bridgehead atoms. The van der Waals surface area contributed by atoms with Crippen LogP contribution in [0.4, 0.5) is 0 Å². The highest BCUT2D eigenvalue weighted by atomic mass is 14.9. The van der Waals surface area contributed by atoms with Gasteiger partial charge in [-0.15, -0.1) is 0 Å². The third-order valence-electron chi connectivity index (χ3n) is 4.34. The highest BCUT2D eigenvalue weighted by Gasteiger charge is 2.83. The first-order valence-electron chi connectivity index (χ1n) is 4.03. The Labute approximate surface area is 55.6 Å². The Balaban J connectivity index is 1.90. The van der Waals surface area contributed by atoms with Gasteiger partial charge in [-0.3, -0.25) is 0 Å². The highest BCUT2D eigenvalue weighted by Crippen LogP contribution is 2.90. The van der Waals surface area contributed by atoms with Crippen LogP contribution < -0.4 is 5.73 Å². The minimum absolute atomic E-state index is 0.849. The molecule has 0 saturated heterocycles. The summed E-state index contributed by atoms with van der Waals surface area (Å²) in [6, 6.07) is 0. The van der Waals surface area contributed by atoms with Gasteiger partial charge in [-0.1, -0.05) is 0 Å². The number of rotatable bonds is 1. The first-order chi connectivity index (χ1) is 4.33. The summed E-state index contributed by atoms with van der Waals surface area (Å²) >= 11 is 0. The lowest BCUT2D eigenvalue weighted by atomic mass is 9.53. The fourth-order valence-corrected chi connectivity index (χ4v) is 3.54. The van der Waals surface area contributed by atoms with Gasteiger partial charge in [0.2, 0.25) is 0 Å². The van der Waals surface area contributed by atoms with Crippen LogP contribution in [-0.4, -0.2) is 6.54 Å². The molecule has 1 nitrogen and oxygen atoms in total. The molecule has 0 aromatic heterocycles. The van der Waals surface area contributed by atoms with E-state index in [-0.39, 0.29) is 0 Å². The van der Waals surface area contributed by atoms with Gasteiger partial charge in [0.1, 0.15) is 0 Å². The molecule has 0 aromatic rings. The van der Waals surface area contributed by atoms with Gasteiger partial charge in [0.25, 0.3) is 0 Å². The van der Waals surface area contributed by atoms with E-state index in [9.17, 15) is 0 Å². The molecule has 3 unspecified atom stereocenters. The Bertz CT molecular complexity index is 177. The maximum atomic E-state index is 5.63. The zero-order valence-electron chi connectivity index (χ0n) is 5.69. The molecule has 2 N–H and O–H groups in total. The minimum Gasteiger partial charge on any atom is -0.330 e. The zero-order chi connectivity index (χ0) is 6.11. The molecule has 3 rings (SSSR count). The van der Waals surface area contributed by atoms with E-state index in [1.807, 2.05) is 0 Å². The molecule has 3 saturated carbocycles. The molecule has 0 aromatic carbocycles. The van der Waals surface area contributed by atoms with Crippen molar-refractivity contribution in [1.82, 2.24) is 0 Å². The van der Waals surface area contributed by atoms with Gasteiger partial charge in [0.15, 0.2) is 0 Å². The topological polar surface area (TPSA) is 26.0 Å². The Morgan fingerprint density at radius 2 is 2.33 bits per heavy atom. The highest BCUT2D eigenvalue weighted by molar-refractivity contribution is 5.32. The third-order valence-corrected chi connectivity index (χ3v) is 4.34. The third kappa shape index (κ3) is 0.260. The number of hydrogen-bond donors (Lipinski definition) is 1. The van der Waals surface area contributed by atoms with Gasteiger partial charge in [0.05, 0.1) is 0 Å². The van der Waals surface area contributed by atoms with E-state index in [2.05, 4.69) is 0 Å². The molecular formula is C8H13N. The largest absolute Gasteiger partial charge is 0.330 e. The molecule has 0 spiro atoms. The molecule has 1 heteroatoms. The maximum absolute atomic E-state index is 5.63. The first-order valence-corrected chi connectivity index (χ1v) is 4.03. The van der Waals surface area contributed by atoms with Crippen LogP contribution in [-0.2, 0) is 0 Å². The van der Waals surface area contributed by atoms with Crippen molar-refractivity contribution in [3.8, 4) is 0 Å². The lowest BCUT2D eigenvalue weighted by Gasteiger charge is -2.52. The summed E-state index contributed by atoms with van der Waals surface area (Å²) in [4.78, 5) is 0. The Morgan fingerprint density at radius 1 is 1.44 bits per heavy atom. The monoisotopic (exact) mass is 123 g/mol. The van der Waals surface area contributed by atoms with Crippen LogP contribution in [0.5, 0.6) is 0 Å². The quantitative estimate of drug-likeness (QED) is 0.556. The average Bonchev–Trinajstić information content (AvgIpc) is 2.38. The van der Waals surface area contributed by atoms with Crippen molar-refractivity contribution in [3.63, 3.8) is 0 Å². The van der Waals surface area contributed by atoms with Crippen LogP contribution in [0, 0.1) is 16.7 Å². The van der Waals surface area contributed by atoms with Crippen LogP contribution >= 0.6 is 0 Å². The van der Waals surface area contributed by atoms with Crippen molar-refractivity contribution < 1.29 is 0 Å². The second kappa shape index (κ2) is 0.968. The fourth-order valence-electron chi connectivity index (χ4n) is 3.54. The minimum atomic E-state index is 0.849. The van der Waals surface area contributed by atoms with E-state index < -0.39 is 0 Å².